The average molecular weight is 403 g/mol. The van der Waals surface area contributed by atoms with E-state index in [1.807, 2.05) is 0 Å². The van der Waals surface area contributed by atoms with Gasteiger partial charge >= 0.3 is 0 Å². The maximum atomic E-state index is 12.7. The molecular weight excluding hydrogens is 384 g/mol. The Balaban J connectivity index is 1.89. The summed E-state index contributed by atoms with van der Waals surface area (Å²) >= 11 is 2.70. The lowest BCUT2D eigenvalue weighted by Gasteiger charge is -2.06. The number of rotatable bonds is 7. The summed E-state index contributed by atoms with van der Waals surface area (Å²) in [5.41, 5.74) is 14.2. The van der Waals surface area contributed by atoms with Gasteiger partial charge in [0.15, 0.2) is 10.8 Å². The molecular formula is C16H18N8OS2. The lowest BCUT2D eigenvalue weighted by atomic mass is 10.2. The fourth-order valence-corrected chi connectivity index (χ4v) is 4.34. The van der Waals surface area contributed by atoms with Crippen LogP contribution in [0.4, 0.5) is 5.13 Å². The van der Waals surface area contributed by atoms with E-state index >= 15 is 0 Å². The van der Waals surface area contributed by atoms with Crippen LogP contribution in [-0.2, 0) is 20.0 Å². The molecule has 0 aromatic carbocycles. The summed E-state index contributed by atoms with van der Waals surface area (Å²) in [4.78, 5) is 21.3. The number of hydrogen-bond acceptors (Lipinski definition) is 9. The van der Waals surface area contributed by atoms with Crippen molar-refractivity contribution in [1.29, 1.82) is 10.8 Å². The van der Waals surface area contributed by atoms with Gasteiger partial charge in [0, 0.05) is 42.5 Å². The molecule has 140 valence electrons. The fourth-order valence-electron chi connectivity index (χ4n) is 2.64. The van der Waals surface area contributed by atoms with E-state index in [0.717, 1.165) is 22.1 Å². The highest BCUT2D eigenvalue weighted by molar-refractivity contribution is 7.19. The number of nitrogens with two attached hydrogens (primary N) is 2. The van der Waals surface area contributed by atoms with Crippen molar-refractivity contribution in [2.24, 2.45) is 12.8 Å². The molecule has 0 aliphatic rings. The van der Waals surface area contributed by atoms with Crippen LogP contribution in [0.3, 0.4) is 0 Å². The van der Waals surface area contributed by atoms with Gasteiger partial charge in [-0.25, -0.2) is 9.97 Å². The topological polar surface area (TPSA) is 160 Å². The summed E-state index contributed by atoms with van der Waals surface area (Å²) < 4.78 is 2.44. The highest BCUT2D eigenvalue weighted by atomic mass is 32.1. The number of aryl methyl sites for hydroxylation is 1. The predicted octanol–water partition coefficient (Wildman–Crippen LogP) is 1.64. The Labute approximate surface area is 162 Å². The second kappa shape index (κ2) is 7.68. The molecule has 27 heavy (non-hydrogen) atoms. The Morgan fingerprint density at radius 3 is 2.81 bits per heavy atom. The van der Waals surface area contributed by atoms with Gasteiger partial charge in [-0.15, -0.1) is 22.7 Å². The monoisotopic (exact) mass is 402 g/mol. The Morgan fingerprint density at radius 1 is 1.41 bits per heavy atom. The minimum atomic E-state index is -0.308. The molecule has 0 atom stereocenters. The van der Waals surface area contributed by atoms with E-state index in [2.05, 4.69) is 15.3 Å². The molecule has 3 heterocycles. The van der Waals surface area contributed by atoms with Gasteiger partial charge in [0.2, 0.25) is 0 Å². The molecule has 0 radical (unpaired) electrons. The number of allylic oxidation sites excluding steroid dienone is 2. The first-order chi connectivity index (χ1) is 12.9. The first-order valence-corrected chi connectivity index (χ1v) is 9.56. The summed E-state index contributed by atoms with van der Waals surface area (Å²) in [6.07, 6.45) is 4.22. The molecule has 0 bridgehead atoms. The van der Waals surface area contributed by atoms with Crippen LogP contribution in [0, 0.1) is 10.8 Å². The third kappa shape index (κ3) is 3.73. The zero-order valence-electron chi connectivity index (χ0n) is 14.4. The lowest BCUT2D eigenvalue weighted by Crippen LogP contribution is -2.26. The van der Waals surface area contributed by atoms with Gasteiger partial charge in [0.05, 0.1) is 16.9 Å². The van der Waals surface area contributed by atoms with Crippen LogP contribution in [-0.4, -0.2) is 32.9 Å². The van der Waals surface area contributed by atoms with E-state index < -0.39 is 0 Å². The Hall–Kier alpha value is -3.05. The van der Waals surface area contributed by atoms with Crippen molar-refractivity contribution in [3.8, 4) is 0 Å². The van der Waals surface area contributed by atoms with E-state index in [-0.39, 0.29) is 12.5 Å². The summed E-state index contributed by atoms with van der Waals surface area (Å²) in [5, 5.41) is 20.6. The third-order valence-electron chi connectivity index (χ3n) is 3.82. The molecule has 3 aromatic heterocycles. The molecule has 0 fully saturated rings. The molecule has 1 amide bonds. The predicted molar refractivity (Wildman–Crippen MR) is 109 cm³/mol. The van der Waals surface area contributed by atoms with Gasteiger partial charge in [-0.05, 0) is 6.08 Å². The SMILES string of the molecule is Cn1c(C(=O)NCc2csc(N)n2)c(C=N)c2sc(CC(N)=CC=N)nc21. The maximum absolute atomic E-state index is 12.7. The van der Waals surface area contributed by atoms with Gasteiger partial charge in [0.1, 0.15) is 10.7 Å². The fraction of sp³-hybridized carbons (Fsp3) is 0.188. The average Bonchev–Trinajstić information content (AvgIpc) is 3.28. The molecule has 0 spiro atoms. The lowest BCUT2D eigenvalue weighted by molar-refractivity contribution is 0.0942. The van der Waals surface area contributed by atoms with Crippen molar-refractivity contribution >= 4 is 56.5 Å². The number of amides is 1. The van der Waals surface area contributed by atoms with E-state index in [9.17, 15) is 4.79 Å². The molecule has 0 saturated carbocycles. The molecule has 9 nitrogen and oxygen atoms in total. The Kier molecular flexibility index (Phi) is 5.33. The molecule has 0 aliphatic carbocycles. The van der Waals surface area contributed by atoms with Gasteiger partial charge < -0.3 is 32.2 Å². The van der Waals surface area contributed by atoms with Crippen LogP contribution in [0.25, 0.3) is 10.3 Å². The molecule has 7 N–H and O–H groups in total. The van der Waals surface area contributed by atoms with E-state index in [4.69, 9.17) is 22.3 Å². The number of aromatic nitrogens is 3. The van der Waals surface area contributed by atoms with Crippen LogP contribution in [0.15, 0.2) is 17.2 Å². The number of nitrogen functional groups attached to an aromatic ring is 1. The van der Waals surface area contributed by atoms with Crippen molar-refractivity contribution in [3.05, 3.63) is 39.1 Å². The summed E-state index contributed by atoms with van der Waals surface area (Å²) in [7, 11) is 1.74. The highest BCUT2D eigenvalue weighted by Crippen LogP contribution is 2.30. The van der Waals surface area contributed by atoms with Gasteiger partial charge in [-0.2, -0.15) is 0 Å². The van der Waals surface area contributed by atoms with Crippen LogP contribution < -0.4 is 16.8 Å². The van der Waals surface area contributed by atoms with Crippen molar-refractivity contribution < 1.29 is 4.79 Å². The third-order valence-corrected chi connectivity index (χ3v) is 5.62. The zero-order valence-corrected chi connectivity index (χ0v) is 16.1. The van der Waals surface area contributed by atoms with Crippen molar-refractivity contribution in [2.75, 3.05) is 5.73 Å². The number of carbonyl (C=O) groups excluding carboxylic acids is 1. The summed E-state index contributed by atoms with van der Waals surface area (Å²) in [6, 6.07) is 0. The van der Waals surface area contributed by atoms with E-state index in [1.54, 1.807) is 17.0 Å². The van der Waals surface area contributed by atoms with E-state index in [1.165, 1.54) is 28.7 Å². The molecule has 0 saturated heterocycles. The first-order valence-electron chi connectivity index (χ1n) is 7.86. The molecule has 11 heteroatoms. The maximum Gasteiger partial charge on any atom is 0.269 e. The summed E-state index contributed by atoms with van der Waals surface area (Å²) in [5.74, 6) is -0.308. The number of hydrogen-bond donors (Lipinski definition) is 5. The van der Waals surface area contributed by atoms with Gasteiger partial charge in [0.25, 0.3) is 5.91 Å². The number of nitrogens with one attached hydrogen (secondary N) is 3. The molecule has 3 aromatic rings. The molecule has 0 aliphatic heterocycles. The highest BCUT2D eigenvalue weighted by Gasteiger charge is 2.23. The summed E-state index contributed by atoms with van der Waals surface area (Å²) in [6.45, 7) is 0.256. The van der Waals surface area contributed by atoms with Crippen molar-refractivity contribution in [3.63, 3.8) is 0 Å². The number of fused-ring (bicyclic) bond motifs is 1. The first kappa shape index (κ1) is 18.7. The van der Waals surface area contributed by atoms with Crippen LogP contribution in [0.2, 0.25) is 0 Å². The van der Waals surface area contributed by atoms with Gasteiger partial charge in [-0.1, -0.05) is 0 Å². The normalized spacial score (nSPS) is 11.7. The minimum Gasteiger partial charge on any atom is -0.402 e. The standard InChI is InChI=1S/C16H18N8OS2/c1-24-12(15(25)21-6-9-7-26-16(20)22-9)10(5-18)13-14(24)23-11(27-13)4-8(19)2-3-17/h2-3,5,7,17-18H,4,6,19H2,1H3,(H2,20,22)(H,21,25). The quantitative estimate of drug-likeness (QED) is 0.379. The van der Waals surface area contributed by atoms with E-state index in [0.29, 0.717) is 39.8 Å². The molecule has 0 unspecified atom stereocenters. The number of nitrogens with zero attached hydrogens (tertiary/aromatic N) is 3. The Morgan fingerprint density at radius 2 is 2.19 bits per heavy atom. The van der Waals surface area contributed by atoms with Crippen LogP contribution in [0.5, 0.6) is 0 Å². The Bertz CT molecular complexity index is 1060. The van der Waals surface area contributed by atoms with Crippen molar-refractivity contribution in [2.45, 2.75) is 13.0 Å². The van der Waals surface area contributed by atoms with Crippen LogP contribution >= 0.6 is 22.7 Å². The zero-order chi connectivity index (χ0) is 19.6. The largest absolute Gasteiger partial charge is 0.402 e. The number of carbonyl (C=O) groups is 1. The number of anilines is 1. The minimum absolute atomic E-state index is 0.256. The van der Waals surface area contributed by atoms with Crippen LogP contribution in [0.1, 0.15) is 26.8 Å². The second-order valence-corrected chi connectivity index (χ2v) is 7.64. The van der Waals surface area contributed by atoms with Crippen molar-refractivity contribution in [1.82, 2.24) is 19.9 Å². The number of thiazole rings is 2. The second-order valence-electron chi connectivity index (χ2n) is 5.67. The smallest absolute Gasteiger partial charge is 0.269 e. The molecule has 3 rings (SSSR count). The van der Waals surface area contributed by atoms with Gasteiger partial charge in [-0.3, -0.25) is 4.79 Å².